The van der Waals surface area contributed by atoms with Gasteiger partial charge in [0.05, 0.1) is 11.4 Å². The summed E-state index contributed by atoms with van der Waals surface area (Å²) >= 11 is 0. The molecule has 0 spiro atoms. The van der Waals surface area contributed by atoms with E-state index in [2.05, 4.69) is 79.7 Å². The van der Waals surface area contributed by atoms with Crippen molar-refractivity contribution in [2.45, 2.75) is 92.9 Å². The van der Waals surface area contributed by atoms with Crippen molar-refractivity contribution in [2.75, 3.05) is 0 Å². The number of hydrogen-bond acceptors (Lipinski definition) is 4. The van der Waals surface area contributed by atoms with Crippen molar-refractivity contribution >= 4 is 23.8 Å². The van der Waals surface area contributed by atoms with Crippen molar-refractivity contribution in [3.63, 3.8) is 0 Å². The van der Waals surface area contributed by atoms with E-state index in [1.165, 1.54) is 11.1 Å². The lowest BCUT2D eigenvalue weighted by atomic mass is 9.93. The molecule has 0 radical (unpaired) electrons. The van der Waals surface area contributed by atoms with Gasteiger partial charge in [-0.2, -0.15) is 0 Å². The van der Waals surface area contributed by atoms with E-state index in [9.17, 15) is 10.2 Å². The Bertz CT molecular complexity index is 1230. The van der Waals surface area contributed by atoms with Gasteiger partial charge in [-0.05, 0) is 102 Å². The predicted octanol–water partition coefficient (Wildman–Crippen LogP) is 10.0. The quantitative estimate of drug-likeness (QED) is 0.224. The summed E-state index contributed by atoms with van der Waals surface area (Å²) in [5.41, 5.74) is 7.36. The smallest absolute Gasteiger partial charge is 0.127 e. The molecule has 3 aromatic carbocycles. The van der Waals surface area contributed by atoms with Gasteiger partial charge in [0.15, 0.2) is 0 Å². The second-order valence-electron chi connectivity index (χ2n) is 12.5. The molecule has 0 aromatic heterocycles. The van der Waals surface area contributed by atoms with E-state index in [1.807, 2.05) is 24.3 Å². The first-order valence-corrected chi connectivity index (χ1v) is 14.8. The number of aliphatic imine (C=N–C) groups is 2. The fourth-order valence-corrected chi connectivity index (χ4v) is 4.71. The molecule has 0 bridgehead atoms. The van der Waals surface area contributed by atoms with Gasteiger partial charge in [-0.15, -0.1) is 0 Å². The summed E-state index contributed by atoms with van der Waals surface area (Å²) in [7, 11) is 0. The lowest BCUT2D eigenvalue weighted by Gasteiger charge is -2.14. The van der Waals surface area contributed by atoms with Crippen molar-refractivity contribution in [1.29, 1.82) is 0 Å². The maximum Gasteiger partial charge on any atom is 0.127 e. The Hall–Kier alpha value is -3.40. The molecular formula is C36H48N2O2. The van der Waals surface area contributed by atoms with E-state index in [0.717, 1.165) is 59.3 Å². The molecule has 0 unspecified atom stereocenters. The van der Waals surface area contributed by atoms with Crippen molar-refractivity contribution in [1.82, 2.24) is 0 Å². The molecule has 2 N–H and O–H groups in total. The molecule has 3 aromatic rings. The summed E-state index contributed by atoms with van der Waals surface area (Å²) in [4.78, 5) is 9.38. The number of rotatable bonds is 12. The van der Waals surface area contributed by atoms with Crippen LogP contribution >= 0.6 is 0 Å². The molecule has 0 aliphatic carbocycles. The zero-order valence-electron chi connectivity index (χ0n) is 25.7. The van der Waals surface area contributed by atoms with Crippen LogP contribution in [0.4, 0.5) is 11.4 Å². The van der Waals surface area contributed by atoms with E-state index in [-0.39, 0.29) is 11.8 Å². The lowest BCUT2D eigenvalue weighted by molar-refractivity contribution is 0.463. The third-order valence-corrected chi connectivity index (χ3v) is 7.26. The van der Waals surface area contributed by atoms with Crippen LogP contribution < -0.4 is 0 Å². The molecule has 0 aliphatic heterocycles. The molecule has 3 rings (SSSR count). The minimum atomic E-state index is 0.223. The van der Waals surface area contributed by atoms with Gasteiger partial charge in [0.2, 0.25) is 0 Å². The number of aryl methyl sites for hydroxylation is 2. The van der Waals surface area contributed by atoms with Crippen molar-refractivity contribution in [3.05, 3.63) is 81.9 Å². The molecule has 214 valence electrons. The van der Waals surface area contributed by atoms with Gasteiger partial charge in [0.25, 0.3) is 0 Å². The predicted molar refractivity (Wildman–Crippen MR) is 172 cm³/mol. The molecule has 40 heavy (non-hydrogen) atoms. The molecule has 0 saturated carbocycles. The Balaban J connectivity index is 1.88. The third kappa shape index (κ3) is 8.81. The molecule has 4 nitrogen and oxygen atoms in total. The summed E-state index contributed by atoms with van der Waals surface area (Å²) < 4.78 is 0. The van der Waals surface area contributed by atoms with Crippen LogP contribution in [-0.4, -0.2) is 22.6 Å². The Labute approximate surface area is 241 Å². The fourth-order valence-electron chi connectivity index (χ4n) is 4.71. The average molecular weight is 541 g/mol. The standard InChI is InChI=1S/C36H48N2O2/c1-23(2)12-14-27-16-29(35(39)33(18-27)25(5)6)21-37-31-10-9-11-32(20-31)38-22-30-17-28(15-13-24(3)4)19-34(26(7)8)36(30)40/h9-11,16-26,39-40H,12-15H2,1-8H3. The normalized spacial score (nSPS) is 12.3. The molecule has 0 saturated heterocycles. The molecule has 0 atom stereocenters. The molecule has 0 heterocycles. The second kappa shape index (κ2) is 14.3. The fraction of sp³-hybridized carbons (Fsp3) is 0.444. The van der Waals surface area contributed by atoms with Crippen LogP contribution in [0.3, 0.4) is 0 Å². The Morgan fingerprint density at radius 3 is 1.35 bits per heavy atom. The van der Waals surface area contributed by atoms with Gasteiger partial charge in [0, 0.05) is 23.6 Å². The van der Waals surface area contributed by atoms with E-state index in [0.29, 0.717) is 23.3 Å². The number of nitrogens with zero attached hydrogens (tertiary/aromatic N) is 2. The van der Waals surface area contributed by atoms with Gasteiger partial charge >= 0.3 is 0 Å². The van der Waals surface area contributed by atoms with E-state index in [4.69, 9.17) is 9.98 Å². The van der Waals surface area contributed by atoms with Crippen molar-refractivity contribution in [2.24, 2.45) is 21.8 Å². The molecular weight excluding hydrogens is 492 g/mol. The molecule has 0 fully saturated rings. The number of phenols is 2. The summed E-state index contributed by atoms with van der Waals surface area (Å²) in [6, 6.07) is 16.1. The first-order valence-electron chi connectivity index (χ1n) is 14.8. The van der Waals surface area contributed by atoms with Crippen LogP contribution in [0.25, 0.3) is 0 Å². The van der Waals surface area contributed by atoms with Gasteiger partial charge in [-0.1, -0.05) is 73.6 Å². The van der Waals surface area contributed by atoms with Crippen molar-refractivity contribution in [3.8, 4) is 11.5 Å². The first kappa shape index (κ1) is 31.1. The number of hydrogen-bond donors (Lipinski definition) is 2. The SMILES string of the molecule is CC(C)CCc1cc(C=Nc2cccc(N=Cc3cc(CCC(C)C)cc(C(C)C)c3O)c2)c(O)c(C(C)C)c1. The molecule has 0 amide bonds. The highest BCUT2D eigenvalue weighted by molar-refractivity contribution is 5.88. The highest BCUT2D eigenvalue weighted by atomic mass is 16.3. The topological polar surface area (TPSA) is 65.2 Å². The average Bonchev–Trinajstić information content (AvgIpc) is 2.90. The number of phenolic OH excluding ortho intramolecular Hbond substituents is 2. The maximum absolute atomic E-state index is 10.9. The van der Waals surface area contributed by atoms with Crippen LogP contribution in [0.1, 0.15) is 113 Å². The number of benzene rings is 3. The second-order valence-corrected chi connectivity index (χ2v) is 12.5. The largest absolute Gasteiger partial charge is 0.507 e. The molecule has 4 heteroatoms. The maximum atomic E-state index is 10.9. The highest BCUT2D eigenvalue weighted by Crippen LogP contribution is 2.33. The van der Waals surface area contributed by atoms with Gasteiger partial charge in [0.1, 0.15) is 11.5 Å². The monoisotopic (exact) mass is 540 g/mol. The van der Waals surface area contributed by atoms with Gasteiger partial charge in [-0.3, -0.25) is 9.98 Å². The highest BCUT2D eigenvalue weighted by Gasteiger charge is 2.14. The van der Waals surface area contributed by atoms with Crippen LogP contribution in [0, 0.1) is 11.8 Å². The summed E-state index contributed by atoms with van der Waals surface area (Å²) in [6.45, 7) is 17.3. The van der Waals surface area contributed by atoms with Crippen molar-refractivity contribution < 1.29 is 10.2 Å². The summed E-state index contributed by atoms with van der Waals surface area (Å²) in [5, 5.41) is 21.9. The van der Waals surface area contributed by atoms with Crippen LogP contribution in [0.5, 0.6) is 11.5 Å². The Kier molecular flexibility index (Phi) is 11.1. The number of aromatic hydroxyl groups is 2. The van der Waals surface area contributed by atoms with E-state index >= 15 is 0 Å². The van der Waals surface area contributed by atoms with Gasteiger partial charge < -0.3 is 10.2 Å². The summed E-state index contributed by atoms with van der Waals surface area (Å²) in [6.07, 6.45) is 7.67. The van der Waals surface area contributed by atoms with Gasteiger partial charge in [-0.25, -0.2) is 0 Å². The Morgan fingerprint density at radius 1 is 0.600 bits per heavy atom. The van der Waals surface area contributed by atoms with E-state index < -0.39 is 0 Å². The zero-order valence-corrected chi connectivity index (χ0v) is 25.7. The first-order chi connectivity index (χ1) is 18.9. The summed E-state index contributed by atoms with van der Waals surface area (Å²) in [5.74, 6) is 2.29. The minimum Gasteiger partial charge on any atom is -0.507 e. The third-order valence-electron chi connectivity index (χ3n) is 7.26. The van der Waals surface area contributed by atoms with Crippen LogP contribution in [-0.2, 0) is 12.8 Å². The zero-order chi connectivity index (χ0) is 29.4. The van der Waals surface area contributed by atoms with Crippen LogP contribution in [0.2, 0.25) is 0 Å². The molecule has 0 aliphatic rings. The van der Waals surface area contributed by atoms with Crippen LogP contribution in [0.15, 0.2) is 58.5 Å². The lowest BCUT2D eigenvalue weighted by Crippen LogP contribution is -1.99. The van der Waals surface area contributed by atoms with E-state index in [1.54, 1.807) is 12.4 Å². The Morgan fingerprint density at radius 2 is 1.00 bits per heavy atom. The minimum absolute atomic E-state index is 0.223.